The van der Waals surface area contributed by atoms with Gasteiger partial charge in [-0.2, -0.15) is 0 Å². The monoisotopic (exact) mass is 144 g/mol. The third kappa shape index (κ3) is 1.94. The zero-order valence-electron chi connectivity index (χ0n) is 6.68. The van der Waals surface area contributed by atoms with Crippen LogP contribution in [0.1, 0.15) is 12.8 Å². The number of ether oxygens (including phenoxy) is 1. The third-order valence-electron chi connectivity index (χ3n) is 2.09. The smallest absolute Gasteiger partial charge is 0.0577 e. The van der Waals surface area contributed by atoms with E-state index in [9.17, 15) is 0 Å². The first kappa shape index (κ1) is 7.98. The summed E-state index contributed by atoms with van der Waals surface area (Å²) in [6.07, 6.45) is 2.96. The van der Waals surface area contributed by atoms with Crippen LogP contribution < -0.4 is 10.9 Å². The van der Waals surface area contributed by atoms with Crippen LogP contribution in [0.25, 0.3) is 0 Å². The van der Waals surface area contributed by atoms with Crippen LogP contribution in [-0.4, -0.2) is 26.8 Å². The van der Waals surface area contributed by atoms with Crippen molar-refractivity contribution in [1.29, 1.82) is 0 Å². The van der Waals surface area contributed by atoms with Crippen LogP contribution in [0, 0.1) is 5.92 Å². The summed E-state index contributed by atoms with van der Waals surface area (Å²) in [6, 6.07) is 0. The number of nitrogens with one attached hydrogen (secondary N) is 2. The minimum absolute atomic E-state index is 0.531. The Bertz CT molecular complexity index is 88.9. The lowest BCUT2D eigenvalue weighted by Crippen LogP contribution is -2.40. The molecule has 3 heteroatoms. The van der Waals surface area contributed by atoms with Crippen molar-refractivity contribution in [2.75, 3.05) is 20.7 Å². The van der Waals surface area contributed by atoms with Crippen LogP contribution in [-0.2, 0) is 4.74 Å². The molecule has 0 spiro atoms. The first-order valence-electron chi connectivity index (χ1n) is 3.79. The lowest BCUT2D eigenvalue weighted by atomic mass is 9.82. The van der Waals surface area contributed by atoms with Crippen LogP contribution in [0.3, 0.4) is 0 Å². The average Bonchev–Trinajstić information content (AvgIpc) is 1.86. The normalized spacial score (nSPS) is 31.8. The summed E-state index contributed by atoms with van der Waals surface area (Å²) in [5, 5.41) is 0. The molecule has 0 aromatic carbocycles. The summed E-state index contributed by atoms with van der Waals surface area (Å²) < 4.78 is 5.15. The van der Waals surface area contributed by atoms with Gasteiger partial charge in [-0.15, -0.1) is 0 Å². The highest BCUT2D eigenvalue weighted by molar-refractivity contribution is 4.80. The molecule has 1 aliphatic rings. The molecule has 0 aromatic heterocycles. The summed E-state index contributed by atoms with van der Waals surface area (Å²) in [5.41, 5.74) is 6.00. The maximum Gasteiger partial charge on any atom is 0.0577 e. The first-order valence-corrected chi connectivity index (χ1v) is 3.79. The van der Waals surface area contributed by atoms with Crippen LogP contribution >= 0.6 is 0 Å². The van der Waals surface area contributed by atoms with E-state index >= 15 is 0 Å². The maximum atomic E-state index is 5.15. The molecule has 3 nitrogen and oxygen atoms in total. The number of hydrazine groups is 1. The highest BCUT2D eigenvalue weighted by Crippen LogP contribution is 2.28. The highest BCUT2D eigenvalue weighted by Gasteiger charge is 2.27. The van der Waals surface area contributed by atoms with E-state index < -0.39 is 0 Å². The van der Waals surface area contributed by atoms with Gasteiger partial charge in [0.1, 0.15) is 0 Å². The molecule has 0 amide bonds. The minimum atomic E-state index is 0.531. The van der Waals surface area contributed by atoms with Crippen LogP contribution in [0.4, 0.5) is 0 Å². The lowest BCUT2D eigenvalue weighted by molar-refractivity contribution is 0.000836. The fraction of sp³-hybridized carbons (Fsp3) is 1.00. The molecule has 2 N–H and O–H groups in total. The molecule has 0 bridgehead atoms. The van der Waals surface area contributed by atoms with Gasteiger partial charge in [0.2, 0.25) is 0 Å². The van der Waals surface area contributed by atoms with E-state index in [-0.39, 0.29) is 0 Å². The second-order valence-corrected chi connectivity index (χ2v) is 2.83. The fourth-order valence-electron chi connectivity index (χ4n) is 1.28. The number of methoxy groups -OCH3 is 1. The van der Waals surface area contributed by atoms with Crippen molar-refractivity contribution < 1.29 is 4.74 Å². The quantitative estimate of drug-likeness (QED) is 0.550. The van der Waals surface area contributed by atoms with Crippen molar-refractivity contribution in [3.63, 3.8) is 0 Å². The molecule has 60 valence electrons. The molecular formula is C7H16N2O. The summed E-state index contributed by atoms with van der Waals surface area (Å²) >= 11 is 0. The van der Waals surface area contributed by atoms with E-state index in [1.54, 1.807) is 7.11 Å². The summed E-state index contributed by atoms with van der Waals surface area (Å²) in [5.74, 6) is 0.817. The van der Waals surface area contributed by atoms with Crippen LogP contribution in [0.15, 0.2) is 0 Å². The van der Waals surface area contributed by atoms with E-state index in [0.717, 1.165) is 12.5 Å². The van der Waals surface area contributed by atoms with Crippen molar-refractivity contribution in [1.82, 2.24) is 10.9 Å². The van der Waals surface area contributed by atoms with Crippen LogP contribution in [0.5, 0.6) is 0 Å². The van der Waals surface area contributed by atoms with E-state index in [1.807, 2.05) is 7.05 Å². The van der Waals surface area contributed by atoms with Crippen molar-refractivity contribution in [3.05, 3.63) is 0 Å². The third-order valence-corrected chi connectivity index (χ3v) is 2.09. The Hall–Kier alpha value is -0.120. The van der Waals surface area contributed by atoms with Gasteiger partial charge in [0.25, 0.3) is 0 Å². The van der Waals surface area contributed by atoms with Gasteiger partial charge in [0, 0.05) is 13.7 Å². The standard InChI is InChI=1S/C7H16N2O/c1-8-9-5-6-3-7(4-6)10-2/h6-9H,3-5H2,1-2H3. The lowest BCUT2D eigenvalue weighted by Gasteiger charge is -2.34. The molecule has 0 unspecified atom stereocenters. The van der Waals surface area contributed by atoms with Gasteiger partial charge in [0.15, 0.2) is 0 Å². The summed E-state index contributed by atoms with van der Waals surface area (Å²) in [6.45, 7) is 1.07. The maximum absolute atomic E-state index is 5.15. The van der Waals surface area contributed by atoms with Crippen LogP contribution in [0.2, 0.25) is 0 Å². The Morgan fingerprint density at radius 1 is 1.50 bits per heavy atom. The van der Waals surface area contributed by atoms with Crippen molar-refractivity contribution in [2.45, 2.75) is 18.9 Å². The molecule has 0 radical (unpaired) electrons. The highest BCUT2D eigenvalue weighted by atomic mass is 16.5. The predicted octanol–water partition coefficient (Wildman–Crippen LogP) is 0.135. The van der Waals surface area contributed by atoms with Gasteiger partial charge in [-0.3, -0.25) is 10.9 Å². The van der Waals surface area contributed by atoms with E-state index in [2.05, 4.69) is 10.9 Å². The van der Waals surface area contributed by atoms with Crippen molar-refractivity contribution in [3.8, 4) is 0 Å². The predicted molar refractivity (Wildman–Crippen MR) is 40.6 cm³/mol. The van der Waals surface area contributed by atoms with Gasteiger partial charge in [0.05, 0.1) is 6.10 Å². The van der Waals surface area contributed by atoms with Gasteiger partial charge in [-0.25, -0.2) is 0 Å². The number of hydrogen-bond acceptors (Lipinski definition) is 3. The molecular weight excluding hydrogens is 128 g/mol. The molecule has 1 saturated carbocycles. The Morgan fingerprint density at radius 3 is 2.70 bits per heavy atom. The number of rotatable bonds is 4. The van der Waals surface area contributed by atoms with Gasteiger partial charge in [-0.1, -0.05) is 0 Å². The molecule has 0 saturated heterocycles. The topological polar surface area (TPSA) is 33.3 Å². The fourth-order valence-corrected chi connectivity index (χ4v) is 1.28. The van der Waals surface area contributed by atoms with Gasteiger partial charge >= 0.3 is 0 Å². The van der Waals surface area contributed by atoms with Crippen molar-refractivity contribution in [2.24, 2.45) is 5.92 Å². The Labute approximate surface area is 62.1 Å². The molecule has 0 atom stereocenters. The Kier molecular flexibility index (Phi) is 3.12. The zero-order chi connectivity index (χ0) is 7.40. The Morgan fingerprint density at radius 2 is 2.20 bits per heavy atom. The second-order valence-electron chi connectivity index (χ2n) is 2.83. The largest absolute Gasteiger partial charge is 0.381 e. The molecule has 0 aliphatic heterocycles. The van der Waals surface area contributed by atoms with Gasteiger partial charge in [-0.05, 0) is 25.8 Å². The second kappa shape index (κ2) is 3.91. The minimum Gasteiger partial charge on any atom is -0.381 e. The van der Waals surface area contributed by atoms with Gasteiger partial charge < -0.3 is 4.74 Å². The zero-order valence-corrected chi connectivity index (χ0v) is 6.68. The first-order chi connectivity index (χ1) is 4.86. The molecule has 1 rings (SSSR count). The summed E-state index contributed by atoms with van der Waals surface area (Å²) in [4.78, 5) is 0. The van der Waals surface area contributed by atoms with E-state index in [0.29, 0.717) is 6.10 Å². The molecule has 0 aromatic rings. The van der Waals surface area contributed by atoms with E-state index in [4.69, 9.17) is 4.74 Å². The molecule has 10 heavy (non-hydrogen) atoms. The molecule has 1 aliphatic carbocycles. The van der Waals surface area contributed by atoms with Crippen molar-refractivity contribution >= 4 is 0 Å². The molecule has 1 fully saturated rings. The van der Waals surface area contributed by atoms with E-state index in [1.165, 1.54) is 12.8 Å². The molecule has 0 heterocycles. The average molecular weight is 144 g/mol. The SMILES string of the molecule is CNNCC1CC(OC)C1. The summed E-state index contributed by atoms with van der Waals surface area (Å²) in [7, 11) is 3.68. The Balaban J connectivity index is 1.93. The number of hydrogen-bond donors (Lipinski definition) is 2.